The standard InChI is InChI=1S/C24H29ClN2O5/c1-24(2,3)32-23(29)16-11-12-27(21(26)14-16)18-13-15(22(28)30-4)9-10-20(18)31-19-8-6-5-7-17(19)25/h5-10,13,16,21H,11-12,14,26H2,1-4H3. The van der Waals surface area contributed by atoms with Crippen LogP contribution in [0.4, 0.5) is 5.69 Å². The minimum Gasteiger partial charge on any atom is -0.465 e. The van der Waals surface area contributed by atoms with Gasteiger partial charge in [0.15, 0.2) is 5.75 Å². The Balaban J connectivity index is 1.88. The Kier molecular flexibility index (Phi) is 7.31. The maximum atomic E-state index is 12.5. The average Bonchev–Trinajstić information content (AvgIpc) is 2.74. The minimum absolute atomic E-state index is 0.247. The van der Waals surface area contributed by atoms with Gasteiger partial charge in [0.05, 0.1) is 35.5 Å². The van der Waals surface area contributed by atoms with E-state index in [4.69, 9.17) is 31.5 Å². The predicted molar refractivity (Wildman–Crippen MR) is 123 cm³/mol. The Bertz CT molecular complexity index is 989. The number of ether oxygens (including phenoxy) is 3. The van der Waals surface area contributed by atoms with Crippen LogP contribution < -0.4 is 15.4 Å². The molecular formula is C24H29ClN2O5. The number of halogens is 1. The Hall–Kier alpha value is -2.77. The summed E-state index contributed by atoms with van der Waals surface area (Å²) in [5.74, 6) is -0.0243. The molecule has 7 nitrogen and oxygen atoms in total. The van der Waals surface area contributed by atoms with E-state index in [1.54, 1.807) is 30.3 Å². The Morgan fingerprint density at radius 1 is 1.12 bits per heavy atom. The lowest BCUT2D eigenvalue weighted by Crippen LogP contribution is -2.50. The maximum absolute atomic E-state index is 12.5. The molecule has 0 aromatic heterocycles. The molecule has 0 amide bonds. The molecule has 3 rings (SSSR count). The van der Waals surface area contributed by atoms with Gasteiger partial charge in [-0.3, -0.25) is 4.79 Å². The highest BCUT2D eigenvalue weighted by Gasteiger charge is 2.34. The van der Waals surface area contributed by atoms with Crippen LogP contribution in [0, 0.1) is 5.92 Å². The van der Waals surface area contributed by atoms with Crippen LogP contribution >= 0.6 is 11.6 Å². The molecule has 2 unspecified atom stereocenters. The molecule has 2 atom stereocenters. The number of esters is 2. The minimum atomic E-state index is -0.552. The predicted octanol–water partition coefficient (Wildman–Crippen LogP) is 4.76. The molecule has 8 heteroatoms. The van der Waals surface area contributed by atoms with Crippen molar-refractivity contribution in [2.75, 3.05) is 18.6 Å². The highest BCUT2D eigenvalue weighted by Crippen LogP contribution is 2.39. The van der Waals surface area contributed by atoms with Crippen LogP contribution in [0.1, 0.15) is 44.0 Å². The molecule has 2 N–H and O–H groups in total. The van der Waals surface area contributed by atoms with Crippen molar-refractivity contribution in [2.24, 2.45) is 11.7 Å². The summed E-state index contributed by atoms with van der Waals surface area (Å²) in [6, 6.07) is 12.1. The summed E-state index contributed by atoms with van der Waals surface area (Å²) in [6.07, 6.45) is 0.516. The smallest absolute Gasteiger partial charge is 0.337 e. The van der Waals surface area contributed by atoms with Gasteiger partial charge in [-0.05, 0) is 63.9 Å². The van der Waals surface area contributed by atoms with Crippen molar-refractivity contribution in [3.05, 3.63) is 53.1 Å². The molecule has 0 spiro atoms. The lowest BCUT2D eigenvalue weighted by atomic mass is 9.93. The summed E-state index contributed by atoms with van der Waals surface area (Å²) in [7, 11) is 1.33. The van der Waals surface area contributed by atoms with Crippen LogP contribution in [0.2, 0.25) is 5.02 Å². The molecule has 0 bridgehead atoms. The molecule has 172 valence electrons. The highest BCUT2D eigenvalue weighted by molar-refractivity contribution is 6.32. The van der Waals surface area contributed by atoms with E-state index < -0.39 is 17.7 Å². The van der Waals surface area contributed by atoms with E-state index in [1.807, 2.05) is 37.8 Å². The number of hydrogen-bond acceptors (Lipinski definition) is 7. The molecule has 1 fully saturated rings. The molecule has 2 aromatic carbocycles. The summed E-state index contributed by atoms with van der Waals surface area (Å²) in [6.45, 7) is 6.03. The van der Waals surface area contributed by atoms with E-state index in [0.29, 0.717) is 47.2 Å². The van der Waals surface area contributed by atoms with Gasteiger partial charge in [0.2, 0.25) is 0 Å². The van der Waals surface area contributed by atoms with E-state index in [1.165, 1.54) is 7.11 Å². The van der Waals surface area contributed by atoms with E-state index in [0.717, 1.165) is 0 Å². The topological polar surface area (TPSA) is 91.1 Å². The second-order valence-corrected chi connectivity index (χ2v) is 9.13. The van der Waals surface area contributed by atoms with E-state index in [-0.39, 0.29) is 11.9 Å². The molecule has 1 aliphatic heterocycles. The summed E-state index contributed by atoms with van der Waals surface area (Å²) < 4.78 is 16.5. The van der Waals surface area contributed by atoms with Crippen molar-refractivity contribution in [3.8, 4) is 11.5 Å². The van der Waals surface area contributed by atoms with Crippen molar-refractivity contribution < 1.29 is 23.8 Å². The fourth-order valence-corrected chi connectivity index (χ4v) is 3.79. The number of methoxy groups -OCH3 is 1. The SMILES string of the molecule is COC(=O)c1ccc(Oc2ccccc2Cl)c(N2CCC(C(=O)OC(C)(C)C)CC2N)c1. The Morgan fingerprint density at radius 3 is 2.47 bits per heavy atom. The fraction of sp³-hybridized carbons (Fsp3) is 0.417. The third-order valence-corrected chi connectivity index (χ3v) is 5.44. The molecule has 0 radical (unpaired) electrons. The zero-order chi connectivity index (χ0) is 23.5. The second-order valence-electron chi connectivity index (χ2n) is 8.72. The van der Waals surface area contributed by atoms with Gasteiger partial charge in [0, 0.05) is 6.54 Å². The maximum Gasteiger partial charge on any atom is 0.337 e. The van der Waals surface area contributed by atoms with Crippen LogP contribution in [-0.4, -0.2) is 37.4 Å². The van der Waals surface area contributed by atoms with Gasteiger partial charge in [-0.2, -0.15) is 0 Å². The number of carbonyl (C=O) groups excluding carboxylic acids is 2. The largest absolute Gasteiger partial charge is 0.465 e. The van der Waals surface area contributed by atoms with Crippen LogP contribution in [0.3, 0.4) is 0 Å². The molecule has 1 heterocycles. The molecule has 2 aromatic rings. The first-order chi connectivity index (χ1) is 15.1. The third kappa shape index (κ3) is 5.72. The van der Waals surface area contributed by atoms with Gasteiger partial charge < -0.3 is 24.8 Å². The van der Waals surface area contributed by atoms with Crippen LogP contribution in [0.5, 0.6) is 11.5 Å². The molecule has 0 aliphatic carbocycles. The number of hydrogen-bond donors (Lipinski definition) is 1. The number of rotatable bonds is 5. The number of piperidine rings is 1. The summed E-state index contributed by atoms with van der Waals surface area (Å²) in [4.78, 5) is 26.6. The van der Waals surface area contributed by atoms with Crippen molar-refractivity contribution >= 4 is 29.2 Å². The number of para-hydroxylation sites is 1. The quantitative estimate of drug-likeness (QED) is 0.643. The summed E-state index contributed by atoms with van der Waals surface area (Å²) >= 11 is 6.26. The van der Waals surface area contributed by atoms with Crippen LogP contribution in [-0.2, 0) is 14.3 Å². The van der Waals surface area contributed by atoms with Crippen molar-refractivity contribution in [1.29, 1.82) is 0 Å². The van der Waals surface area contributed by atoms with Gasteiger partial charge in [0.1, 0.15) is 11.4 Å². The first-order valence-electron chi connectivity index (χ1n) is 10.5. The van der Waals surface area contributed by atoms with Crippen molar-refractivity contribution in [2.45, 2.75) is 45.4 Å². The van der Waals surface area contributed by atoms with Gasteiger partial charge >= 0.3 is 11.9 Å². The highest BCUT2D eigenvalue weighted by atomic mass is 35.5. The monoisotopic (exact) mass is 460 g/mol. The number of nitrogens with zero attached hydrogens (tertiary/aromatic N) is 1. The third-order valence-electron chi connectivity index (χ3n) is 5.13. The molecule has 1 saturated heterocycles. The van der Waals surface area contributed by atoms with E-state index in [2.05, 4.69) is 0 Å². The van der Waals surface area contributed by atoms with Crippen molar-refractivity contribution in [1.82, 2.24) is 0 Å². The fourth-order valence-electron chi connectivity index (χ4n) is 3.61. The molecule has 32 heavy (non-hydrogen) atoms. The summed E-state index contributed by atoms with van der Waals surface area (Å²) in [5, 5.41) is 0.462. The first-order valence-corrected chi connectivity index (χ1v) is 10.9. The van der Waals surface area contributed by atoms with E-state index >= 15 is 0 Å². The Labute approximate surface area is 193 Å². The lowest BCUT2D eigenvalue weighted by molar-refractivity contribution is -0.161. The number of nitrogens with two attached hydrogens (primary N) is 1. The van der Waals surface area contributed by atoms with Crippen molar-refractivity contribution in [3.63, 3.8) is 0 Å². The zero-order valence-corrected chi connectivity index (χ0v) is 19.5. The lowest BCUT2D eigenvalue weighted by Gasteiger charge is -2.39. The number of benzene rings is 2. The van der Waals surface area contributed by atoms with Gasteiger partial charge in [-0.1, -0.05) is 23.7 Å². The average molecular weight is 461 g/mol. The van der Waals surface area contributed by atoms with Gasteiger partial charge in [-0.15, -0.1) is 0 Å². The van der Waals surface area contributed by atoms with E-state index in [9.17, 15) is 9.59 Å². The molecule has 1 aliphatic rings. The molecule has 0 saturated carbocycles. The Morgan fingerprint density at radius 2 is 1.84 bits per heavy atom. The zero-order valence-electron chi connectivity index (χ0n) is 18.8. The number of carbonyl (C=O) groups is 2. The normalized spacial score (nSPS) is 18.8. The van der Waals surface area contributed by atoms with Gasteiger partial charge in [-0.25, -0.2) is 4.79 Å². The number of anilines is 1. The summed E-state index contributed by atoms with van der Waals surface area (Å²) in [5.41, 5.74) is 6.92. The molecular weight excluding hydrogens is 432 g/mol. The van der Waals surface area contributed by atoms with Gasteiger partial charge in [0.25, 0.3) is 0 Å². The first kappa shape index (κ1) is 23.9. The van der Waals surface area contributed by atoms with Crippen LogP contribution in [0.15, 0.2) is 42.5 Å². The van der Waals surface area contributed by atoms with Crippen LogP contribution in [0.25, 0.3) is 0 Å². The second kappa shape index (κ2) is 9.79.